The summed E-state index contributed by atoms with van der Waals surface area (Å²) in [4.78, 5) is 88.5. The summed E-state index contributed by atoms with van der Waals surface area (Å²) in [7, 11) is -16.4. The molecule has 1 aliphatic heterocycles. The molecule has 1 saturated heterocycles. The number of fused-ring (bicyclic) bond motifs is 1. The number of nitrogens with two attached hydrogens (primary N) is 1. The standard InChI is InChI=1S/C41H74N7O17P3S/c1-29(2)19-17-15-13-11-9-7-5-6-8-10-12-14-16-18-20-32(50)69-24-23-43-31(49)21-22-44-39(53)36(52)41(3,4)26-62-68(59,60)65-67(57,58)61-25-30-35(64-66(54,55)56)34(51)40(63-30)48-28-47-33-37(42)45-27-46-38(33)48/h27-30,34-36,40,51-52H,5-26H2,1-4H3,(H,43,49)(H,44,53)(H,57,58)(H,59,60)(H2,42,45,46)(H2,54,55,56). The Kier molecular flexibility index (Phi) is 26.4. The van der Waals surface area contributed by atoms with Crippen molar-refractivity contribution in [2.45, 2.75) is 167 Å². The molecular weight excluding hydrogens is 987 g/mol. The van der Waals surface area contributed by atoms with E-state index in [1.165, 1.54) is 90.9 Å². The predicted octanol–water partition coefficient (Wildman–Crippen LogP) is 5.56. The smallest absolute Gasteiger partial charge is 0.386 e. The van der Waals surface area contributed by atoms with Crippen LogP contribution in [-0.2, 0) is 50.7 Å². The third-order valence-electron chi connectivity index (χ3n) is 11.2. The normalized spacial score (nSPS) is 19.9. The van der Waals surface area contributed by atoms with E-state index < -0.39 is 84.6 Å². The Morgan fingerprint density at radius 1 is 0.841 bits per heavy atom. The number of ether oxygens (including phenoxy) is 1. The van der Waals surface area contributed by atoms with Crippen LogP contribution in [0.25, 0.3) is 11.2 Å². The molecule has 10 N–H and O–H groups in total. The van der Waals surface area contributed by atoms with Crippen molar-refractivity contribution in [3.8, 4) is 0 Å². The van der Waals surface area contributed by atoms with Crippen LogP contribution in [0.5, 0.6) is 0 Å². The quantitative estimate of drug-likeness (QED) is 0.0298. The summed E-state index contributed by atoms with van der Waals surface area (Å²) in [6.45, 7) is 5.16. The number of carbonyl (C=O) groups excluding carboxylic acids is 3. The minimum absolute atomic E-state index is 0.0340. The van der Waals surface area contributed by atoms with Gasteiger partial charge in [-0.3, -0.25) is 32.5 Å². The van der Waals surface area contributed by atoms with E-state index in [0.717, 1.165) is 54.2 Å². The zero-order chi connectivity index (χ0) is 51.3. The van der Waals surface area contributed by atoms with Crippen molar-refractivity contribution in [2.75, 3.05) is 37.8 Å². The third-order valence-corrected chi connectivity index (χ3v) is 15.2. The zero-order valence-electron chi connectivity index (χ0n) is 40.0. The second-order valence-corrected chi connectivity index (χ2v) is 23.6. The van der Waals surface area contributed by atoms with E-state index in [9.17, 15) is 57.9 Å². The summed E-state index contributed by atoms with van der Waals surface area (Å²) in [5, 5.41) is 26.7. The minimum atomic E-state index is -5.57. The van der Waals surface area contributed by atoms with Gasteiger partial charge in [0.2, 0.25) is 11.8 Å². The van der Waals surface area contributed by atoms with Crippen LogP contribution in [0.15, 0.2) is 12.7 Å². The van der Waals surface area contributed by atoms with Crippen molar-refractivity contribution in [1.29, 1.82) is 0 Å². The SMILES string of the molecule is CC(C)CCCCCCCCCCCCCCCCC(=O)SCCNC(=O)CCNC(=O)C(O)C(C)(C)COP(=O)(O)OP(=O)(O)OCC1OC(n2cnc3c(N)ncnc32)C(O)C1OP(=O)(O)O. The number of nitrogens with one attached hydrogen (secondary N) is 2. The van der Waals surface area contributed by atoms with Gasteiger partial charge in [0.25, 0.3) is 0 Å². The molecule has 24 nitrogen and oxygen atoms in total. The lowest BCUT2D eigenvalue weighted by Gasteiger charge is -2.30. The molecule has 2 aromatic heterocycles. The molecule has 0 aliphatic carbocycles. The van der Waals surface area contributed by atoms with Gasteiger partial charge in [-0.1, -0.05) is 129 Å². The van der Waals surface area contributed by atoms with Gasteiger partial charge in [-0.2, -0.15) is 4.31 Å². The fraction of sp³-hybridized carbons (Fsp3) is 0.805. The van der Waals surface area contributed by atoms with E-state index >= 15 is 0 Å². The number of hydrogen-bond acceptors (Lipinski definition) is 18. The molecular formula is C41H74N7O17P3S. The second-order valence-electron chi connectivity index (χ2n) is 18.2. The van der Waals surface area contributed by atoms with Crippen molar-refractivity contribution in [3.05, 3.63) is 12.7 Å². The number of phosphoric ester groups is 3. The van der Waals surface area contributed by atoms with E-state index in [2.05, 4.69) is 48.3 Å². The van der Waals surface area contributed by atoms with Gasteiger partial charge in [-0.05, 0) is 12.3 Å². The average Bonchev–Trinajstić information content (AvgIpc) is 3.82. The van der Waals surface area contributed by atoms with Crippen LogP contribution in [0.4, 0.5) is 5.82 Å². The molecule has 396 valence electrons. The first-order valence-corrected chi connectivity index (χ1v) is 29.0. The lowest BCUT2D eigenvalue weighted by molar-refractivity contribution is -0.137. The van der Waals surface area contributed by atoms with Crippen LogP contribution < -0.4 is 16.4 Å². The van der Waals surface area contributed by atoms with Crippen LogP contribution in [-0.4, -0.2) is 123 Å². The number of phosphoric acid groups is 3. The fourth-order valence-corrected chi connectivity index (χ4v) is 10.9. The molecule has 0 bridgehead atoms. The van der Waals surface area contributed by atoms with Crippen LogP contribution in [0.1, 0.15) is 143 Å². The van der Waals surface area contributed by atoms with Crippen molar-refractivity contribution >= 4 is 69.1 Å². The molecule has 0 aromatic carbocycles. The van der Waals surface area contributed by atoms with Crippen molar-refractivity contribution < 1.29 is 80.5 Å². The maximum atomic E-state index is 12.7. The van der Waals surface area contributed by atoms with Crippen LogP contribution in [0.3, 0.4) is 0 Å². The molecule has 2 aromatic rings. The number of unbranched alkanes of at least 4 members (excludes halogenated alkanes) is 13. The number of carbonyl (C=O) groups is 3. The molecule has 3 rings (SSSR count). The summed E-state index contributed by atoms with van der Waals surface area (Å²) in [5.74, 6) is -0.207. The van der Waals surface area contributed by atoms with Crippen molar-refractivity contribution in [3.63, 3.8) is 0 Å². The number of anilines is 1. The average molecular weight is 1060 g/mol. The highest BCUT2D eigenvalue weighted by atomic mass is 32.2. The molecule has 0 spiro atoms. The molecule has 3 heterocycles. The number of imidazole rings is 1. The fourth-order valence-electron chi connectivity index (χ4n) is 7.31. The molecule has 1 aliphatic rings. The van der Waals surface area contributed by atoms with E-state index in [-0.39, 0.29) is 41.6 Å². The van der Waals surface area contributed by atoms with E-state index in [4.69, 9.17) is 19.5 Å². The van der Waals surface area contributed by atoms with Crippen LogP contribution in [0.2, 0.25) is 0 Å². The maximum Gasteiger partial charge on any atom is 0.481 e. The minimum Gasteiger partial charge on any atom is -0.386 e. The number of aliphatic hydroxyl groups excluding tert-OH is 2. The molecule has 7 unspecified atom stereocenters. The Morgan fingerprint density at radius 3 is 2.01 bits per heavy atom. The first-order valence-electron chi connectivity index (χ1n) is 23.5. The number of nitrogen functional groups attached to an aromatic ring is 1. The lowest BCUT2D eigenvalue weighted by atomic mass is 9.87. The highest BCUT2D eigenvalue weighted by molar-refractivity contribution is 8.13. The summed E-state index contributed by atoms with van der Waals surface area (Å²) in [5.41, 5.74) is 4.29. The number of amides is 2. The van der Waals surface area contributed by atoms with E-state index in [1.54, 1.807) is 0 Å². The van der Waals surface area contributed by atoms with E-state index in [0.29, 0.717) is 12.2 Å². The number of rotatable bonds is 36. The van der Waals surface area contributed by atoms with Gasteiger partial charge < -0.3 is 50.9 Å². The number of nitrogens with zero attached hydrogens (tertiary/aromatic N) is 4. The first-order chi connectivity index (χ1) is 32.4. The maximum absolute atomic E-state index is 12.7. The largest absolute Gasteiger partial charge is 0.481 e. The third kappa shape index (κ3) is 23.3. The van der Waals surface area contributed by atoms with Gasteiger partial charge in [0, 0.05) is 37.1 Å². The van der Waals surface area contributed by atoms with Gasteiger partial charge in [0.05, 0.1) is 19.5 Å². The summed E-state index contributed by atoms with van der Waals surface area (Å²) < 4.78 is 62.5. The summed E-state index contributed by atoms with van der Waals surface area (Å²) in [6, 6.07) is 0. The summed E-state index contributed by atoms with van der Waals surface area (Å²) in [6.07, 6.45) is 12.4. The molecule has 28 heteroatoms. The number of aromatic nitrogens is 4. The van der Waals surface area contributed by atoms with Crippen molar-refractivity contribution in [2.24, 2.45) is 11.3 Å². The molecule has 69 heavy (non-hydrogen) atoms. The first kappa shape index (κ1) is 60.9. The Balaban J connectivity index is 1.27. The lowest BCUT2D eigenvalue weighted by Crippen LogP contribution is -2.46. The highest BCUT2D eigenvalue weighted by Gasteiger charge is 2.50. The van der Waals surface area contributed by atoms with Gasteiger partial charge in [0.1, 0.15) is 36.3 Å². The summed E-state index contributed by atoms with van der Waals surface area (Å²) >= 11 is 1.16. The highest BCUT2D eigenvalue weighted by Crippen LogP contribution is 2.61. The van der Waals surface area contributed by atoms with Gasteiger partial charge >= 0.3 is 23.5 Å². The van der Waals surface area contributed by atoms with Gasteiger partial charge in [-0.25, -0.2) is 28.6 Å². The number of aliphatic hydroxyl groups is 2. The van der Waals surface area contributed by atoms with Gasteiger partial charge in [-0.15, -0.1) is 0 Å². The van der Waals surface area contributed by atoms with E-state index in [1.807, 2.05) is 0 Å². The van der Waals surface area contributed by atoms with Crippen LogP contribution in [0, 0.1) is 11.3 Å². The second kappa shape index (κ2) is 29.9. The molecule has 2 amide bonds. The van der Waals surface area contributed by atoms with Gasteiger partial charge in [0.15, 0.2) is 22.8 Å². The molecule has 1 fully saturated rings. The topological polar surface area (TPSA) is 364 Å². The molecule has 0 radical (unpaired) electrons. The zero-order valence-corrected chi connectivity index (χ0v) is 43.5. The van der Waals surface area contributed by atoms with Crippen molar-refractivity contribution in [1.82, 2.24) is 30.2 Å². The number of thioether (sulfide) groups is 1. The Morgan fingerprint density at radius 2 is 1.42 bits per heavy atom. The molecule has 7 atom stereocenters. The Hall–Kier alpha value is -2.44. The van der Waals surface area contributed by atoms with Crippen LogP contribution >= 0.6 is 35.2 Å². The Bertz CT molecular complexity index is 2050. The predicted molar refractivity (Wildman–Crippen MR) is 256 cm³/mol. The number of hydrogen-bond donors (Lipinski definition) is 9. The monoisotopic (exact) mass is 1060 g/mol. The Labute approximate surface area is 407 Å². The molecule has 0 saturated carbocycles.